The summed E-state index contributed by atoms with van der Waals surface area (Å²) in [7, 11) is 2.17. The molecule has 6 heteroatoms. The number of nitrogens with one attached hydrogen (secondary N) is 1. The number of fused-ring (bicyclic) bond motifs is 1. The Morgan fingerprint density at radius 3 is 2.91 bits per heavy atom. The number of aryl methyl sites for hydroxylation is 2. The van der Waals surface area contributed by atoms with Gasteiger partial charge in [-0.1, -0.05) is 0 Å². The molecule has 3 aliphatic rings. The molecule has 1 aromatic rings. The van der Waals surface area contributed by atoms with E-state index in [2.05, 4.69) is 38.4 Å². The smallest absolute Gasteiger partial charge is 0.220 e. The number of nitrogens with zero attached hydrogens (tertiary/aromatic N) is 4. The van der Waals surface area contributed by atoms with E-state index in [1.807, 2.05) is 0 Å². The lowest BCUT2D eigenvalue weighted by molar-refractivity contribution is -0.119. The lowest BCUT2D eigenvalue weighted by Crippen LogP contribution is -2.59. The van der Waals surface area contributed by atoms with E-state index in [9.17, 15) is 4.79 Å². The van der Waals surface area contributed by atoms with Gasteiger partial charge in [-0.2, -0.15) is 5.10 Å². The monoisotopic (exact) mass is 315 g/mol. The highest BCUT2D eigenvalue weighted by molar-refractivity contribution is 5.78. The summed E-state index contributed by atoms with van der Waals surface area (Å²) in [6.07, 6.45) is 5.44. The Kier molecular flexibility index (Phi) is 3.93. The molecule has 2 fully saturated rings. The Balaban J connectivity index is 1.31. The number of aromatic nitrogens is 2. The molecule has 0 aromatic carbocycles. The molecule has 0 saturated carbocycles. The highest BCUT2D eigenvalue weighted by Gasteiger charge is 2.33. The summed E-state index contributed by atoms with van der Waals surface area (Å²) in [5, 5.41) is 11.8. The molecule has 1 atom stereocenters. The van der Waals surface area contributed by atoms with Crippen molar-refractivity contribution in [2.45, 2.75) is 38.1 Å². The van der Waals surface area contributed by atoms with E-state index in [1.165, 1.54) is 24.1 Å². The summed E-state index contributed by atoms with van der Waals surface area (Å²) in [5.41, 5.74) is 2.60. The Bertz CT molecular complexity index is 599. The summed E-state index contributed by atoms with van der Waals surface area (Å²) in [6, 6.07) is 2.81. The van der Waals surface area contributed by atoms with Crippen LogP contribution in [0.4, 0.5) is 5.82 Å². The lowest BCUT2D eigenvalue weighted by Gasteiger charge is -2.45. The minimum absolute atomic E-state index is 0.197. The molecular weight excluding hydrogens is 290 g/mol. The van der Waals surface area contributed by atoms with Crippen molar-refractivity contribution in [1.82, 2.24) is 20.4 Å². The highest BCUT2D eigenvalue weighted by Crippen LogP contribution is 2.26. The van der Waals surface area contributed by atoms with Gasteiger partial charge in [-0.3, -0.25) is 9.69 Å². The van der Waals surface area contributed by atoms with Crippen molar-refractivity contribution in [1.29, 1.82) is 0 Å². The molecule has 0 radical (unpaired) electrons. The molecule has 1 aromatic heterocycles. The topological polar surface area (TPSA) is 61.4 Å². The van der Waals surface area contributed by atoms with E-state index in [-0.39, 0.29) is 5.91 Å². The number of hydrogen-bond donors (Lipinski definition) is 1. The quantitative estimate of drug-likeness (QED) is 0.882. The van der Waals surface area contributed by atoms with Gasteiger partial charge >= 0.3 is 0 Å². The minimum Gasteiger partial charge on any atom is -0.356 e. The number of carbonyl (C=O) groups excluding carboxylic acids is 1. The van der Waals surface area contributed by atoms with Crippen LogP contribution in [0.25, 0.3) is 0 Å². The molecule has 124 valence electrons. The summed E-state index contributed by atoms with van der Waals surface area (Å²) < 4.78 is 0. The second-order valence-electron chi connectivity index (χ2n) is 7.25. The van der Waals surface area contributed by atoms with E-state index in [1.54, 1.807) is 0 Å². The van der Waals surface area contributed by atoms with Gasteiger partial charge in [-0.15, -0.1) is 5.10 Å². The lowest BCUT2D eigenvalue weighted by atomic mass is 9.96. The van der Waals surface area contributed by atoms with Crippen LogP contribution in [0.5, 0.6) is 0 Å². The SMILES string of the molecule is CN(CC1CNC(=O)C1)C1CN(c2cc3c(nn2)CCCC3)C1. The van der Waals surface area contributed by atoms with Crippen LogP contribution in [0.3, 0.4) is 0 Å². The van der Waals surface area contributed by atoms with Gasteiger partial charge in [0.1, 0.15) is 0 Å². The van der Waals surface area contributed by atoms with Gasteiger partial charge in [0.25, 0.3) is 0 Å². The fraction of sp³-hybridized carbons (Fsp3) is 0.706. The molecule has 1 N–H and O–H groups in total. The highest BCUT2D eigenvalue weighted by atomic mass is 16.1. The second-order valence-corrected chi connectivity index (χ2v) is 7.25. The van der Waals surface area contributed by atoms with Crippen molar-refractivity contribution in [3.63, 3.8) is 0 Å². The molecule has 2 saturated heterocycles. The van der Waals surface area contributed by atoms with Crippen LogP contribution in [0.2, 0.25) is 0 Å². The van der Waals surface area contributed by atoms with Crippen LogP contribution in [0.15, 0.2) is 6.07 Å². The summed E-state index contributed by atoms with van der Waals surface area (Å²) in [4.78, 5) is 16.0. The van der Waals surface area contributed by atoms with Gasteiger partial charge in [0, 0.05) is 38.6 Å². The predicted molar refractivity (Wildman–Crippen MR) is 88.4 cm³/mol. The van der Waals surface area contributed by atoms with E-state index in [0.29, 0.717) is 18.4 Å². The minimum atomic E-state index is 0.197. The third-order valence-electron chi connectivity index (χ3n) is 5.47. The molecule has 1 unspecified atom stereocenters. The molecule has 1 amide bonds. The van der Waals surface area contributed by atoms with E-state index >= 15 is 0 Å². The molecule has 6 nitrogen and oxygen atoms in total. The van der Waals surface area contributed by atoms with Crippen LogP contribution in [0.1, 0.15) is 30.5 Å². The zero-order valence-corrected chi connectivity index (χ0v) is 13.8. The Hall–Kier alpha value is -1.69. The zero-order chi connectivity index (χ0) is 15.8. The van der Waals surface area contributed by atoms with E-state index in [4.69, 9.17) is 0 Å². The van der Waals surface area contributed by atoms with Crippen molar-refractivity contribution < 1.29 is 4.79 Å². The van der Waals surface area contributed by atoms with Crippen LogP contribution in [0, 0.1) is 5.92 Å². The first-order chi connectivity index (χ1) is 11.2. The summed E-state index contributed by atoms with van der Waals surface area (Å²) >= 11 is 0. The first kappa shape index (κ1) is 14.9. The van der Waals surface area contributed by atoms with Gasteiger partial charge in [0.2, 0.25) is 5.91 Å². The van der Waals surface area contributed by atoms with Crippen LogP contribution >= 0.6 is 0 Å². The van der Waals surface area contributed by atoms with Gasteiger partial charge < -0.3 is 10.2 Å². The second kappa shape index (κ2) is 6.07. The van der Waals surface area contributed by atoms with Gasteiger partial charge in [-0.25, -0.2) is 0 Å². The fourth-order valence-electron chi connectivity index (χ4n) is 3.90. The largest absolute Gasteiger partial charge is 0.356 e. The van der Waals surface area contributed by atoms with E-state index in [0.717, 1.165) is 44.8 Å². The summed E-state index contributed by atoms with van der Waals surface area (Å²) in [5.74, 6) is 1.70. The van der Waals surface area contributed by atoms with Crippen molar-refractivity contribution in [2.75, 3.05) is 38.1 Å². The third-order valence-corrected chi connectivity index (χ3v) is 5.47. The molecular formula is C17H25N5O. The number of carbonyl (C=O) groups is 1. The van der Waals surface area contributed by atoms with Gasteiger partial charge in [0.05, 0.1) is 5.69 Å². The first-order valence-electron chi connectivity index (χ1n) is 8.76. The van der Waals surface area contributed by atoms with Crippen LogP contribution < -0.4 is 10.2 Å². The molecule has 1 aliphatic carbocycles. The van der Waals surface area contributed by atoms with Gasteiger partial charge in [-0.05, 0) is 50.3 Å². The normalized spacial score (nSPS) is 24.5. The average Bonchev–Trinajstić information content (AvgIpc) is 2.90. The fourth-order valence-corrected chi connectivity index (χ4v) is 3.90. The Morgan fingerprint density at radius 1 is 1.30 bits per heavy atom. The maximum absolute atomic E-state index is 11.3. The van der Waals surface area contributed by atoms with Crippen molar-refractivity contribution in [3.05, 3.63) is 17.3 Å². The third kappa shape index (κ3) is 3.04. The van der Waals surface area contributed by atoms with Crippen molar-refractivity contribution in [2.24, 2.45) is 5.92 Å². The molecule has 4 rings (SSSR count). The van der Waals surface area contributed by atoms with Gasteiger partial charge in [0.15, 0.2) is 5.82 Å². The number of hydrogen-bond acceptors (Lipinski definition) is 5. The molecule has 3 heterocycles. The summed E-state index contributed by atoms with van der Waals surface area (Å²) in [6.45, 7) is 3.85. The Labute approximate surface area is 137 Å². The molecule has 23 heavy (non-hydrogen) atoms. The average molecular weight is 315 g/mol. The molecule has 0 spiro atoms. The van der Waals surface area contributed by atoms with Crippen LogP contribution in [-0.4, -0.2) is 60.3 Å². The first-order valence-corrected chi connectivity index (χ1v) is 8.76. The standard InChI is InChI=1S/C17H25N5O/c1-21(9-12-6-17(23)18-8-12)14-10-22(11-14)16-7-13-4-2-3-5-15(13)19-20-16/h7,12,14H,2-6,8-11H2,1H3,(H,18,23). The number of amides is 1. The number of likely N-dealkylation sites (N-methyl/N-ethyl adjacent to an activating group) is 1. The predicted octanol–water partition coefficient (Wildman–Crippen LogP) is 0.612. The van der Waals surface area contributed by atoms with Crippen molar-refractivity contribution >= 4 is 11.7 Å². The molecule has 0 bridgehead atoms. The number of anilines is 1. The van der Waals surface area contributed by atoms with Crippen molar-refractivity contribution in [3.8, 4) is 0 Å². The van der Waals surface area contributed by atoms with Crippen LogP contribution in [-0.2, 0) is 17.6 Å². The van der Waals surface area contributed by atoms with E-state index < -0.39 is 0 Å². The maximum Gasteiger partial charge on any atom is 0.220 e. The Morgan fingerprint density at radius 2 is 2.13 bits per heavy atom. The maximum atomic E-state index is 11.3. The zero-order valence-electron chi connectivity index (χ0n) is 13.8. The molecule has 2 aliphatic heterocycles. The number of rotatable bonds is 4.